The van der Waals surface area contributed by atoms with E-state index in [9.17, 15) is 9.90 Å². The average molecular weight is 440 g/mol. The molecular weight excluding hydrogens is 398 g/mol. The lowest BCUT2D eigenvalue weighted by molar-refractivity contribution is 0.0468. The van der Waals surface area contributed by atoms with E-state index >= 15 is 0 Å². The van der Waals surface area contributed by atoms with Gasteiger partial charge in [-0.2, -0.15) is 0 Å². The van der Waals surface area contributed by atoms with Crippen LogP contribution in [0.3, 0.4) is 0 Å². The Hall–Kier alpha value is -1.99. The van der Waals surface area contributed by atoms with Crippen LogP contribution in [0.5, 0.6) is 11.5 Å². The second-order valence-electron chi connectivity index (χ2n) is 9.15. The first-order chi connectivity index (χ1) is 14.6. The quantitative estimate of drug-likeness (QED) is 0.448. The zero-order valence-electron chi connectivity index (χ0n) is 20.2. The number of rotatable bonds is 13. The van der Waals surface area contributed by atoms with E-state index in [0.29, 0.717) is 37.1 Å². The van der Waals surface area contributed by atoms with E-state index in [1.165, 1.54) is 0 Å². The number of methoxy groups -OCH3 is 2. The van der Waals surface area contributed by atoms with E-state index in [4.69, 9.17) is 18.9 Å². The molecule has 0 aliphatic heterocycles. The van der Waals surface area contributed by atoms with Crippen LogP contribution in [0.15, 0.2) is 18.2 Å². The molecule has 0 fully saturated rings. The molecule has 2 unspecified atom stereocenters. The number of carbonyl (C=O) groups excluding carboxylic acids is 1. The zero-order valence-corrected chi connectivity index (χ0v) is 20.2. The fourth-order valence-electron chi connectivity index (χ4n) is 3.26. The third kappa shape index (κ3) is 10.7. The van der Waals surface area contributed by atoms with Crippen molar-refractivity contribution in [3.8, 4) is 11.5 Å². The number of hydrogen-bond donors (Lipinski definition) is 2. The van der Waals surface area contributed by atoms with Gasteiger partial charge in [-0.05, 0) is 63.1 Å². The summed E-state index contributed by atoms with van der Waals surface area (Å²) in [4.78, 5) is 12.1. The highest BCUT2D eigenvalue weighted by Crippen LogP contribution is 2.31. The molecule has 0 aliphatic rings. The summed E-state index contributed by atoms with van der Waals surface area (Å²) in [5.41, 5.74) is 0.541. The van der Waals surface area contributed by atoms with Gasteiger partial charge >= 0.3 is 6.09 Å². The third-order valence-corrected chi connectivity index (χ3v) is 4.95. The van der Waals surface area contributed by atoms with Crippen LogP contribution in [0.25, 0.3) is 0 Å². The fraction of sp³-hybridized carbons (Fsp3) is 0.708. The molecule has 0 radical (unpaired) electrons. The molecule has 0 saturated heterocycles. The molecule has 1 aromatic carbocycles. The van der Waals surface area contributed by atoms with Crippen molar-refractivity contribution in [2.75, 3.05) is 34.0 Å². The number of alkyl carbamates (subject to hydrolysis) is 1. The van der Waals surface area contributed by atoms with Crippen molar-refractivity contribution in [3.05, 3.63) is 23.8 Å². The number of nitrogens with one attached hydrogen (secondary N) is 1. The Bertz CT molecular complexity index is 656. The molecule has 1 aromatic rings. The van der Waals surface area contributed by atoms with E-state index in [1.807, 2.05) is 39.0 Å². The molecule has 178 valence electrons. The molecule has 1 amide bonds. The number of benzene rings is 1. The maximum atomic E-state index is 12.1. The Labute approximate surface area is 187 Å². The molecule has 31 heavy (non-hydrogen) atoms. The monoisotopic (exact) mass is 439 g/mol. The van der Waals surface area contributed by atoms with Crippen molar-refractivity contribution in [2.45, 2.75) is 65.5 Å². The largest absolute Gasteiger partial charge is 0.493 e. The van der Waals surface area contributed by atoms with Gasteiger partial charge in [0.1, 0.15) is 5.60 Å². The van der Waals surface area contributed by atoms with Gasteiger partial charge in [-0.15, -0.1) is 0 Å². The summed E-state index contributed by atoms with van der Waals surface area (Å²) in [7, 11) is 3.30. The average Bonchev–Trinajstić information content (AvgIpc) is 2.68. The van der Waals surface area contributed by atoms with Gasteiger partial charge in [0.05, 0.1) is 26.4 Å². The molecule has 0 bridgehead atoms. The van der Waals surface area contributed by atoms with Gasteiger partial charge < -0.3 is 29.4 Å². The van der Waals surface area contributed by atoms with E-state index < -0.39 is 11.7 Å². The maximum Gasteiger partial charge on any atom is 0.407 e. The minimum Gasteiger partial charge on any atom is -0.493 e. The fourth-order valence-corrected chi connectivity index (χ4v) is 3.26. The van der Waals surface area contributed by atoms with E-state index in [-0.39, 0.29) is 18.6 Å². The first-order valence-corrected chi connectivity index (χ1v) is 11.0. The van der Waals surface area contributed by atoms with Crippen molar-refractivity contribution in [1.29, 1.82) is 0 Å². The summed E-state index contributed by atoms with van der Waals surface area (Å²) in [5, 5.41) is 12.6. The van der Waals surface area contributed by atoms with Crippen molar-refractivity contribution in [2.24, 2.45) is 11.8 Å². The van der Waals surface area contributed by atoms with Crippen molar-refractivity contribution < 1.29 is 28.8 Å². The van der Waals surface area contributed by atoms with E-state index in [0.717, 1.165) is 18.4 Å². The molecule has 0 aliphatic carbocycles. The van der Waals surface area contributed by atoms with Crippen LogP contribution in [-0.4, -0.2) is 56.9 Å². The molecule has 0 aromatic heterocycles. The minimum absolute atomic E-state index is 0.140. The highest BCUT2D eigenvalue weighted by Gasteiger charge is 2.24. The van der Waals surface area contributed by atoms with Gasteiger partial charge in [-0.1, -0.05) is 19.9 Å². The summed E-state index contributed by atoms with van der Waals surface area (Å²) in [6.45, 7) is 10.8. The smallest absolute Gasteiger partial charge is 0.407 e. The van der Waals surface area contributed by atoms with Crippen LogP contribution >= 0.6 is 0 Å². The van der Waals surface area contributed by atoms with Crippen LogP contribution in [0.1, 0.15) is 53.0 Å². The third-order valence-electron chi connectivity index (χ3n) is 4.95. The van der Waals surface area contributed by atoms with Crippen LogP contribution < -0.4 is 14.8 Å². The molecule has 0 saturated carbocycles. The van der Waals surface area contributed by atoms with Crippen LogP contribution in [-0.2, 0) is 15.9 Å². The summed E-state index contributed by atoms with van der Waals surface area (Å²) in [6.07, 6.45) is 1.73. The number of aliphatic hydroxyl groups excluding tert-OH is 1. The second-order valence-corrected chi connectivity index (χ2v) is 9.15. The molecule has 1 rings (SSSR count). The highest BCUT2D eigenvalue weighted by atomic mass is 16.6. The van der Waals surface area contributed by atoms with Gasteiger partial charge in [0, 0.05) is 20.1 Å². The SMILES string of the molecule is COCCCOc1cc(CC(CC(CO)NC(=O)OC(C)(C)C)C(C)C)ccc1OC. The summed E-state index contributed by atoms with van der Waals surface area (Å²) in [6, 6.07) is 5.59. The molecule has 2 atom stereocenters. The molecule has 0 heterocycles. The first kappa shape index (κ1) is 27.0. The molecule has 2 N–H and O–H groups in total. The normalized spacial score (nSPS) is 13.6. The van der Waals surface area contributed by atoms with E-state index in [1.54, 1.807) is 14.2 Å². The lowest BCUT2D eigenvalue weighted by atomic mass is 9.84. The Morgan fingerprint density at radius 3 is 2.39 bits per heavy atom. The molecule has 7 heteroatoms. The van der Waals surface area contributed by atoms with Gasteiger partial charge in [0.15, 0.2) is 11.5 Å². The minimum atomic E-state index is -0.579. The number of aliphatic hydroxyl groups is 1. The second kappa shape index (κ2) is 13.4. The van der Waals surface area contributed by atoms with Gasteiger partial charge in [-0.25, -0.2) is 4.79 Å². The van der Waals surface area contributed by atoms with Gasteiger partial charge in [0.25, 0.3) is 0 Å². The number of hydrogen-bond acceptors (Lipinski definition) is 6. The zero-order chi connectivity index (χ0) is 23.4. The number of ether oxygens (including phenoxy) is 4. The Balaban J connectivity index is 2.83. The summed E-state index contributed by atoms with van der Waals surface area (Å²) >= 11 is 0. The summed E-state index contributed by atoms with van der Waals surface area (Å²) in [5.74, 6) is 2.02. The predicted molar refractivity (Wildman–Crippen MR) is 122 cm³/mol. The van der Waals surface area contributed by atoms with Crippen molar-refractivity contribution in [3.63, 3.8) is 0 Å². The molecule has 0 spiro atoms. The summed E-state index contributed by atoms with van der Waals surface area (Å²) < 4.78 is 21.7. The van der Waals surface area contributed by atoms with Crippen LogP contribution in [0, 0.1) is 11.8 Å². The molecular formula is C24H41NO6. The number of carbonyl (C=O) groups is 1. The number of amides is 1. The lowest BCUT2D eigenvalue weighted by Gasteiger charge is -2.27. The Morgan fingerprint density at radius 2 is 1.84 bits per heavy atom. The first-order valence-electron chi connectivity index (χ1n) is 11.0. The lowest BCUT2D eigenvalue weighted by Crippen LogP contribution is -2.42. The Morgan fingerprint density at radius 1 is 1.13 bits per heavy atom. The Kier molecular flexibility index (Phi) is 11.7. The van der Waals surface area contributed by atoms with E-state index in [2.05, 4.69) is 19.2 Å². The van der Waals surface area contributed by atoms with Crippen molar-refractivity contribution in [1.82, 2.24) is 5.32 Å². The van der Waals surface area contributed by atoms with Crippen molar-refractivity contribution >= 4 is 6.09 Å². The maximum absolute atomic E-state index is 12.1. The highest BCUT2D eigenvalue weighted by molar-refractivity contribution is 5.68. The predicted octanol–water partition coefficient (Wildman–Crippen LogP) is 4.20. The topological polar surface area (TPSA) is 86.2 Å². The molecule has 7 nitrogen and oxygen atoms in total. The standard InChI is InChI=1S/C24H41NO6/c1-17(2)19(15-20(16-26)25-23(27)31-24(3,4)5)13-18-9-10-21(29-7)22(14-18)30-12-8-11-28-6/h9-10,14,17,19-20,26H,8,11-13,15-16H2,1-7H3,(H,25,27). The van der Waals surface area contributed by atoms with Gasteiger partial charge in [-0.3, -0.25) is 0 Å². The van der Waals surface area contributed by atoms with Crippen LogP contribution in [0.2, 0.25) is 0 Å². The van der Waals surface area contributed by atoms with Crippen LogP contribution in [0.4, 0.5) is 4.79 Å². The van der Waals surface area contributed by atoms with Gasteiger partial charge in [0.2, 0.25) is 0 Å².